The first-order valence-electron chi connectivity index (χ1n) is 10.1. The van der Waals surface area contributed by atoms with Crippen molar-refractivity contribution < 1.29 is 14.6 Å². The van der Waals surface area contributed by atoms with E-state index in [1.165, 1.54) is 5.56 Å². The van der Waals surface area contributed by atoms with Gasteiger partial charge >= 0.3 is 5.97 Å². The molecule has 154 valence electrons. The standard InChI is InChI=1S/C23H23N3O4/c1-5-23(29)16-8-18-20-13(9-26(18)21(27)15(16)10-30-22(23)28)7-14-17(25-20)6-11(2)12(3)19(14)24-4/h6-8,24,29H,5,9-10H2,1-4H3. The molecule has 0 saturated heterocycles. The highest BCUT2D eigenvalue weighted by Gasteiger charge is 2.45. The monoisotopic (exact) mass is 405 g/mol. The maximum absolute atomic E-state index is 13.2. The lowest BCUT2D eigenvalue weighted by Crippen LogP contribution is -2.44. The molecule has 0 spiro atoms. The normalized spacial score (nSPS) is 19.3. The Balaban J connectivity index is 1.80. The third kappa shape index (κ3) is 2.26. The number of nitrogens with one attached hydrogen (secondary N) is 1. The number of aliphatic hydroxyl groups is 1. The summed E-state index contributed by atoms with van der Waals surface area (Å²) >= 11 is 0. The molecule has 1 aromatic carbocycles. The van der Waals surface area contributed by atoms with Crippen LogP contribution in [0.25, 0.3) is 22.3 Å². The van der Waals surface area contributed by atoms with Crippen molar-refractivity contribution in [3.63, 3.8) is 0 Å². The first-order valence-corrected chi connectivity index (χ1v) is 10.1. The number of carbonyl (C=O) groups is 1. The van der Waals surface area contributed by atoms with E-state index in [0.717, 1.165) is 27.7 Å². The minimum atomic E-state index is -1.81. The fourth-order valence-corrected chi connectivity index (χ4v) is 4.68. The smallest absolute Gasteiger partial charge is 0.343 e. The number of benzene rings is 1. The van der Waals surface area contributed by atoms with Crippen LogP contribution in [-0.4, -0.2) is 27.7 Å². The summed E-state index contributed by atoms with van der Waals surface area (Å²) in [5.74, 6) is -0.712. The summed E-state index contributed by atoms with van der Waals surface area (Å²) in [7, 11) is 1.89. The highest BCUT2D eigenvalue weighted by Crippen LogP contribution is 2.40. The van der Waals surface area contributed by atoms with E-state index in [-0.39, 0.29) is 18.6 Å². The van der Waals surface area contributed by atoms with Crippen LogP contribution in [0.1, 0.15) is 41.2 Å². The summed E-state index contributed by atoms with van der Waals surface area (Å²) in [4.78, 5) is 30.4. The molecular weight excluding hydrogens is 382 g/mol. The Morgan fingerprint density at radius 3 is 2.73 bits per heavy atom. The molecule has 2 N–H and O–H groups in total. The number of hydrogen-bond donors (Lipinski definition) is 2. The average Bonchev–Trinajstić information content (AvgIpc) is 3.09. The number of aromatic nitrogens is 2. The zero-order valence-corrected chi connectivity index (χ0v) is 17.4. The van der Waals surface area contributed by atoms with E-state index < -0.39 is 11.6 Å². The molecule has 1 atom stereocenters. The SMILES string of the molecule is CCC1(O)C(=O)OCc2c1cc1n(c2=O)Cc2cc3c(NC)c(C)c(C)cc3nc2-1. The number of rotatable bonds is 2. The summed E-state index contributed by atoms with van der Waals surface area (Å²) in [5, 5.41) is 15.2. The number of esters is 1. The molecular formula is C23H23N3O4. The summed E-state index contributed by atoms with van der Waals surface area (Å²) in [5.41, 5.74) is 5.06. The average molecular weight is 405 g/mol. The first kappa shape index (κ1) is 18.8. The number of carbonyl (C=O) groups excluding carboxylic acids is 1. The van der Waals surface area contributed by atoms with Crippen molar-refractivity contribution in [2.75, 3.05) is 12.4 Å². The first-order chi connectivity index (χ1) is 14.3. The minimum Gasteiger partial charge on any atom is -0.458 e. The van der Waals surface area contributed by atoms with E-state index in [2.05, 4.69) is 18.3 Å². The Morgan fingerprint density at radius 2 is 2.03 bits per heavy atom. The van der Waals surface area contributed by atoms with Crippen LogP contribution in [0.4, 0.5) is 5.69 Å². The molecule has 3 aromatic rings. The molecule has 0 bridgehead atoms. The molecule has 4 heterocycles. The summed E-state index contributed by atoms with van der Waals surface area (Å²) in [6.45, 7) is 6.10. The number of fused-ring (bicyclic) bond motifs is 5. The maximum Gasteiger partial charge on any atom is 0.343 e. The van der Waals surface area contributed by atoms with Gasteiger partial charge in [-0.05, 0) is 49.6 Å². The van der Waals surface area contributed by atoms with E-state index in [4.69, 9.17) is 9.72 Å². The number of cyclic esters (lactones) is 1. The quantitative estimate of drug-likeness (QED) is 0.498. The predicted octanol–water partition coefficient (Wildman–Crippen LogP) is 2.74. The van der Waals surface area contributed by atoms with Gasteiger partial charge < -0.3 is 19.7 Å². The van der Waals surface area contributed by atoms with Crippen molar-refractivity contribution in [3.8, 4) is 11.4 Å². The lowest BCUT2D eigenvalue weighted by atomic mass is 9.86. The van der Waals surface area contributed by atoms with E-state index in [1.807, 2.05) is 20.0 Å². The van der Waals surface area contributed by atoms with Crippen LogP contribution in [0, 0.1) is 13.8 Å². The number of hydrogen-bond acceptors (Lipinski definition) is 6. The van der Waals surface area contributed by atoms with Crippen LogP contribution in [0.5, 0.6) is 0 Å². The lowest BCUT2D eigenvalue weighted by Gasteiger charge is -2.31. The van der Waals surface area contributed by atoms with Crippen LogP contribution >= 0.6 is 0 Å². The van der Waals surface area contributed by atoms with Gasteiger partial charge in [0.25, 0.3) is 5.56 Å². The van der Waals surface area contributed by atoms with Crippen molar-refractivity contribution in [1.29, 1.82) is 0 Å². The fourth-order valence-electron chi connectivity index (χ4n) is 4.68. The number of aryl methyl sites for hydroxylation is 1. The molecule has 0 saturated carbocycles. The van der Waals surface area contributed by atoms with Crippen LogP contribution in [0.3, 0.4) is 0 Å². The zero-order chi connectivity index (χ0) is 21.4. The van der Waals surface area contributed by atoms with Crippen molar-refractivity contribution >= 4 is 22.6 Å². The van der Waals surface area contributed by atoms with E-state index in [9.17, 15) is 14.7 Å². The molecule has 7 nitrogen and oxygen atoms in total. The molecule has 1 unspecified atom stereocenters. The molecule has 2 aromatic heterocycles. The number of anilines is 1. The molecule has 30 heavy (non-hydrogen) atoms. The number of nitrogens with zero attached hydrogens (tertiary/aromatic N) is 2. The Labute approximate surface area is 173 Å². The van der Waals surface area contributed by atoms with Gasteiger partial charge in [-0.25, -0.2) is 9.78 Å². The Morgan fingerprint density at radius 1 is 1.27 bits per heavy atom. The van der Waals surface area contributed by atoms with E-state index >= 15 is 0 Å². The predicted molar refractivity (Wildman–Crippen MR) is 114 cm³/mol. The van der Waals surface area contributed by atoms with Gasteiger partial charge in [0, 0.05) is 29.2 Å². The molecule has 2 aliphatic rings. The third-order valence-corrected chi connectivity index (χ3v) is 6.58. The molecule has 0 aliphatic carbocycles. The Kier molecular flexibility index (Phi) is 3.86. The van der Waals surface area contributed by atoms with Gasteiger partial charge in [-0.3, -0.25) is 4.79 Å². The number of pyridine rings is 2. The van der Waals surface area contributed by atoms with Crippen molar-refractivity contribution in [2.24, 2.45) is 0 Å². The van der Waals surface area contributed by atoms with Crippen LogP contribution in [0.2, 0.25) is 0 Å². The summed E-state index contributed by atoms with van der Waals surface area (Å²) in [6, 6.07) is 5.87. The second-order valence-electron chi connectivity index (χ2n) is 8.11. The summed E-state index contributed by atoms with van der Waals surface area (Å²) in [6.07, 6.45) is 0.129. The van der Waals surface area contributed by atoms with Gasteiger partial charge in [0.2, 0.25) is 0 Å². The van der Waals surface area contributed by atoms with Gasteiger partial charge in [0.1, 0.15) is 6.61 Å². The van der Waals surface area contributed by atoms with Crippen molar-refractivity contribution in [1.82, 2.24) is 9.55 Å². The molecule has 2 aliphatic heterocycles. The van der Waals surface area contributed by atoms with Gasteiger partial charge in [-0.2, -0.15) is 0 Å². The molecule has 0 fully saturated rings. The largest absolute Gasteiger partial charge is 0.458 e. The maximum atomic E-state index is 13.2. The van der Waals surface area contributed by atoms with Gasteiger partial charge in [-0.15, -0.1) is 0 Å². The van der Waals surface area contributed by atoms with Gasteiger partial charge in [-0.1, -0.05) is 6.92 Å². The Bertz CT molecular complexity index is 1320. The van der Waals surface area contributed by atoms with Gasteiger partial charge in [0.05, 0.1) is 29.0 Å². The second-order valence-corrected chi connectivity index (χ2v) is 8.11. The van der Waals surface area contributed by atoms with Crippen LogP contribution in [0.15, 0.2) is 23.0 Å². The lowest BCUT2D eigenvalue weighted by molar-refractivity contribution is -0.172. The van der Waals surface area contributed by atoms with Crippen LogP contribution < -0.4 is 10.9 Å². The van der Waals surface area contributed by atoms with Gasteiger partial charge in [0.15, 0.2) is 5.60 Å². The highest BCUT2D eigenvalue weighted by molar-refractivity contribution is 5.96. The zero-order valence-electron chi connectivity index (χ0n) is 17.4. The highest BCUT2D eigenvalue weighted by atomic mass is 16.6. The number of ether oxygens (including phenoxy) is 1. The van der Waals surface area contributed by atoms with Crippen molar-refractivity contribution in [3.05, 3.63) is 56.4 Å². The van der Waals surface area contributed by atoms with Crippen molar-refractivity contribution in [2.45, 2.75) is 45.9 Å². The molecule has 7 heteroatoms. The van der Waals surface area contributed by atoms with E-state index in [0.29, 0.717) is 29.1 Å². The Hall–Kier alpha value is -3.19. The third-order valence-electron chi connectivity index (χ3n) is 6.58. The van der Waals surface area contributed by atoms with E-state index in [1.54, 1.807) is 17.6 Å². The second kappa shape index (κ2) is 6.15. The topological polar surface area (TPSA) is 93.5 Å². The summed E-state index contributed by atoms with van der Waals surface area (Å²) < 4.78 is 6.78. The molecule has 0 radical (unpaired) electrons. The minimum absolute atomic E-state index is 0.121. The molecule has 0 amide bonds. The van der Waals surface area contributed by atoms with Crippen LogP contribution in [-0.2, 0) is 28.3 Å². The molecule has 5 rings (SSSR count). The fraction of sp³-hybridized carbons (Fsp3) is 0.348.